The Bertz CT molecular complexity index is 962. The van der Waals surface area contributed by atoms with Crippen LogP contribution in [0.5, 0.6) is 5.75 Å². The number of phenols is 1. The lowest BCUT2D eigenvalue weighted by Crippen LogP contribution is -2.14. The molecule has 26 heavy (non-hydrogen) atoms. The molecule has 0 saturated heterocycles. The number of aromatic hydroxyl groups is 1. The van der Waals surface area contributed by atoms with E-state index >= 15 is 0 Å². The first kappa shape index (κ1) is 18.9. The number of thioether (sulfide) groups is 1. The third kappa shape index (κ3) is 4.28. The van der Waals surface area contributed by atoms with Crippen LogP contribution in [-0.4, -0.2) is 31.5 Å². The second-order valence-electron chi connectivity index (χ2n) is 5.34. The molecule has 134 valence electrons. The van der Waals surface area contributed by atoms with Gasteiger partial charge in [0, 0.05) is 16.0 Å². The van der Waals surface area contributed by atoms with Crippen LogP contribution in [0.15, 0.2) is 56.6 Å². The molecule has 3 rings (SSSR count). The summed E-state index contributed by atoms with van der Waals surface area (Å²) in [4.78, 5) is 12.2. The van der Waals surface area contributed by atoms with Gasteiger partial charge in [-0.05, 0) is 46.3 Å². The summed E-state index contributed by atoms with van der Waals surface area (Å²) in [5.74, 6) is 0.693. The first-order valence-corrected chi connectivity index (χ1v) is 10.1. The van der Waals surface area contributed by atoms with Gasteiger partial charge < -0.3 is 15.0 Å². The molecule has 0 radical (unpaired) electrons. The Hall–Kier alpha value is -1.84. The van der Waals surface area contributed by atoms with Crippen molar-refractivity contribution in [2.45, 2.75) is 5.16 Å². The van der Waals surface area contributed by atoms with Crippen molar-refractivity contribution in [3.63, 3.8) is 0 Å². The van der Waals surface area contributed by atoms with Gasteiger partial charge in [-0.15, -0.1) is 10.2 Å². The number of halogens is 2. The van der Waals surface area contributed by atoms with Crippen molar-refractivity contribution < 1.29 is 9.90 Å². The van der Waals surface area contributed by atoms with Gasteiger partial charge in [0.25, 0.3) is 0 Å². The number of carbonyl (C=O) groups excluding carboxylic acids is 1. The van der Waals surface area contributed by atoms with Gasteiger partial charge in [0.05, 0.1) is 17.0 Å². The molecular formula is C17H14Br2N4O2S. The normalized spacial score (nSPS) is 10.7. The van der Waals surface area contributed by atoms with E-state index in [-0.39, 0.29) is 17.4 Å². The molecular weight excluding hydrogens is 484 g/mol. The number of amides is 1. The standard InChI is InChI=1S/C17H14Br2N4O2S/c1-23-16(11-8-10(18)6-7-14(11)24)21-22-17(23)26-9-15(25)20-13-5-3-2-4-12(13)19/h2-8,24H,9H2,1H3,(H,20,25). The number of nitrogens with one attached hydrogen (secondary N) is 1. The highest BCUT2D eigenvalue weighted by molar-refractivity contribution is 9.10. The van der Waals surface area contributed by atoms with Crippen LogP contribution in [0, 0.1) is 0 Å². The van der Waals surface area contributed by atoms with Crippen molar-refractivity contribution in [2.75, 3.05) is 11.1 Å². The summed E-state index contributed by atoms with van der Waals surface area (Å²) in [6.45, 7) is 0. The summed E-state index contributed by atoms with van der Waals surface area (Å²) >= 11 is 8.05. The molecule has 1 heterocycles. The van der Waals surface area contributed by atoms with E-state index < -0.39 is 0 Å². The monoisotopic (exact) mass is 496 g/mol. The molecule has 0 aliphatic heterocycles. The molecule has 0 unspecified atom stereocenters. The van der Waals surface area contributed by atoms with Crippen LogP contribution in [-0.2, 0) is 11.8 Å². The quantitative estimate of drug-likeness (QED) is 0.509. The Morgan fingerprint density at radius 3 is 2.77 bits per heavy atom. The number of anilines is 1. The maximum Gasteiger partial charge on any atom is 0.234 e. The smallest absolute Gasteiger partial charge is 0.234 e. The molecule has 0 aliphatic rings. The van der Waals surface area contributed by atoms with Crippen LogP contribution in [0.2, 0.25) is 0 Å². The van der Waals surface area contributed by atoms with E-state index in [0.717, 1.165) is 14.6 Å². The van der Waals surface area contributed by atoms with E-state index in [1.165, 1.54) is 11.8 Å². The number of rotatable bonds is 5. The molecule has 9 heteroatoms. The number of aromatic nitrogens is 3. The zero-order chi connectivity index (χ0) is 18.7. The summed E-state index contributed by atoms with van der Waals surface area (Å²) in [7, 11) is 1.80. The number of carbonyl (C=O) groups is 1. The molecule has 0 fully saturated rings. The Balaban J connectivity index is 1.70. The molecule has 2 N–H and O–H groups in total. The van der Waals surface area contributed by atoms with Crippen LogP contribution in [0.3, 0.4) is 0 Å². The van der Waals surface area contributed by atoms with Gasteiger partial charge in [0.1, 0.15) is 5.75 Å². The topological polar surface area (TPSA) is 80.0 Å². The highest BCUT2D eigenvalue weighted by atomic mass is 79.9. The fraction of sp³-hybridized carbons (Fsp3) is 0.118. The van der Waals surface area contributed by atoms with Gasteiger partial charge in [0.2, 0.25) is 5.91 Å². The SMILES string of the molecule is Cn1c(SCC(=O)Nc2ccccc2Br)nnc1-c1cc(Br)ccc1O. The van der Waals surface area contributed by atoms with Crippen molar-refractivity contribution in [2.24, 2.45) is 7.05 Å². The lowest BCUT2D eigenvalue weighted by atomic mass is 10.2. The maximum absolute atomic E-state index is 12.2. The average Bonchev–Trinajstić information content (AvgIpc) is 2.98. The summed E-state index contributed by atoms with van der Waals surface area (Å²) in [6, 6.07) is 12.5. The first-order valence-electron chi connectivity index (χ1n) is 7.51. The van der Waals surface area contributed by atoms with Crippen molar-refractivity contribution in [1.29, 1.82) is 0 Å². The summed E-state index contributed by atoms with van der Waals surface area (Å²) < 4.78 is 3.40. The summed E-state index contributed by atoms with van der Waals surface area (Å²) in [5.41, 5.74) is 1.29. The van der Waals surface area contributed by atoms with E-state index in [1.807, 2.05) is 24.3 Å². The van der Waals surface area contributed by atoms with Crippen molar-refractivity contribution in [3.8, 4) is 17.1 Å². The highest BCUT2D eigenvalue weighted by Crippen LogP contribution is 2.32. The van der Waals surface area contributed by atoms with Crippen LogP contribution in [0.1, 0.15) is 0 Å². The Kier molecular flexibility index (Phi) is 6.00. The molecule has 1 aromatic heterocycles. The van der Waals surface area contributed by atoms with Crippen LogP contribution in [0.4, 0.5) is 5.69 Å². The molecule has 2 aromatic carbocycles. The fourth-order valence-electron chi connectivity index (χ4n) is 2.24. The van der Waals surface area contributed by atoms with Crippen LogP contribution in [0.25, 0.3) is 11.4 Å². The van der Waals surface area contributed by atoms with Gasteiger partial charge in [-0.2, -0.15) is 0 Å². The first-order chi connectivity index (χ1) is 12.5. The fourth-order valence-corrected chi connectivity index (χ4v) is 3.70. The van der Waals surface area contributed by atoms with Gasteiger partial charge in [0.15, 0.2) is 11.0 Å². The lowest BCUT2D eigenvalue weighted by molar-refractivity contribution is -0.113. The molecule has 0 saturated carbocycles. The minimum Gasteiger partial charge on any atom is -0.507 e. The Morgan fingerprint density at radius 2 is 2.00 bits per heavy atom. The van der Waals surface area contributed by atoms with Gasteiger partial charge in [-0.1, -0.05) is 39.8 Å². The van der Waals surface area contributed by atoms with Gasteiger partial charge in [-0.25, -0.2) is 0 Å². The lowest BCUT2D eigenvalue weighted by Gasteiger charge is -2.08. The molecule has 0 bridgehead atoms. The molecule has 0 spiro atoms. The number of hydrogen-bond donors (Lipinski definition) is 2. The zero-order valence-electron chi connectivity index (χ0n) is 13.6. The minimum absolute atomic E-state index is 0.118. The Labute approximate surface area is 171 Å². The number of para-hydroxylation sites is 1. The summed E-state index contributed by atoms with van der Waals surface area (Å²) in [5, 5.41) is 21.7. The highest BCUT2D eigenvalue weighted by Gasteiger charge is 2.16. The second-order valence-corrected chi connectivity index (χ2v) is 8.06. The van der Waals surface area contributed by atoms with E-state index in [9.17, 15) is 9.90 Å². The minimum atomic E-state index is -0.142. The maximum atomic E-state index is 12.2. The van der Waals surface area contributed by atoms with Crippen LogP contribution < -0.4 is 5.32 Å². The van der Waals surface area contributed by atoms with E-state index in [1.54, 1.807) is 29.8 Å². The van der Waals surface area contributed by atoms with Gasteiger partial charge >= 0.3 is 0 Å². The average molecular weight is 498 g/mol. The third-order valence-electron chi connectivity index (χ3n) is 3.51. The number of hydrogen-bond acceptors (Lipinski definition) is 5. The van der Waals surface area contributed by atoms with Crippen LogP contribution >= 0.6 is 43.6 Å². The van der Waals surface area contributed by atoms with Crippen molar-refractivity contribution in [3.05, 3.63) is 51.4 Å². The van der Waals surface area contributed by atoms with Gasteiger partial charge in [-0.3, -0.25) is 4.79 Å². The zero-order valence-corrected chi connectivity index (χ0v) is 17.6. The molecule has 0 aliphatic carbocycles. The predicted octanol–water partition coefficient (Wildman–Crippen LogP) is 4.44. The Morgan fingerprint density at radius 1 is 1.23 bits per heavy atom. The van der Waals surface area contributed by atoms with Crippen molar-refractivity contribution in [1.82, 2.24) is 14.8 Å². The second kappa shape index (κ2) is 8.24. The largest absolute Gasteiger partial charge is 0.507 e. The number of nitrogens with zero attached hydrogens (tertiary/aromatic N) is 3. The summed E-state index contributed by atoms with van der Waals surface area (Å²) in [6.07, 6.45) is 0. The molecule has 6 nitrogen and oxygen atoms in total. The molecule has 0 atom stereocenters. The molecule has 1 amide bonds. The predicted molar refractivity (Wildman–Crippen MR) is 109 cm³/mol. The van der Waals surface area contributed by atoms with E-state index in [0.29, 0.717) is 16.5 Å². The van der Waals surface area contributed by atoms with E-state index in [4.69, 9.17) is 0 Å². The van der Waals surface area contributed by atoms with Crippen molar-refractivity contribution >= 4 is 55.2 Å². The number of phenolic OH excluding ortho intramolecular Hbond substituents is 1. The molecule has 3 aromatic rings. The third-order valence-corrected chi connectivity index (χ3v) is 5.72. The number of benzene rings is 2. The van der Waals surface area contributed by atoms with E-state index in [2.05, 4.69) is 47.4 Å².